The molecule has 0 aliphatic heterocycles. The molecule has 1 aromatic heterocycles. The molecular formula is C11H9BrFN3O. The zero-order valence-electron chi connectivity index (χ0n) is 8.78. The zero-order valence-corrected chi connectivity index (χ0v) is 10.4. The molecule has 0 spiro atoms. The van der Waals surface area contributed by atoms with Crippen LogP contribution in [0.2, 0.25) is 0 Å². The summed E-state index contributed by atoms with van der Waals surface area (Å²) in [5.74, 6) is 0.0456. The van der Waals surface area contributed by atoms with Gasteiger partial charge in [0.1, 0.15) is 5.82 Å². The van der Waals surface area contributed by atoms with E-state index in [2.05, 4.69) is 31.4 Å². The van der Waals surface area contributed by atoms with Crippen LogP contribution in [0.15, 0.2) is 27.2 Å². The Balaban J connectivity index is 1.91. The SMILES string of the molecule is Fc1ccc(Br)c(-c2noc(NC3CC3)n2)c1. The van der Waals surface area contributed by atoms with E-state index in [1.54, 1.807) is 6.07 Å². The van der Waals surface area contributed by atoms with Crippen LogP contribution in [0.5, 0.6) is 0 Å². The normalized spacial score (nSPS) is 14.9. The number of rotatable bonds is 3. The minimum atomic E-state index is -0.329. The van der Waals surface area contributed by atoms with Crippen molar-refractivity contribution in [2.24, 2.45) is 0 Å². The van der Waals surface area contributed by atoms with Crippen LogP contribution in [0, 0.1) is 5.82 Å². The molecule has 1 aliphatic rings. The number of benzene rings is 1. The number of hydrogen-bond acceptors (Lipinski definition) is 4. The minimum absolute atomic E-state index is 0.329. The Morgan fingerprint density at radius 3 is 3.00 bits per heavy atom. The Labute approximate surface area is 105 Å². The first-order valence-electron chi connectivity index (χ1n) is 5.28. The molecule has 6 heteroatoms. The molecule has 1 saturated carbocycles. The summed E-state index contributed by atoms with van der Waals surface area (Å²) >= 11 is 3.33. The Hall–Kier alpha value is -1.43. The highest BCUT2D eigenvalue weighted by Gasteiger charge is 2.23. The van der Waals surface area contributed by atoms with Crippen molar-refractivity contribution in [3.05, 3.63) is 28.5 Å². The second-order valence-electron chi connectivity index (χ2n) is 3.97. The molecule has 1 N–H and O–H groups in total. The van der Waals surface area contributed by atoms with E-state index in [0.717, 1.165) is 17.3 Å². The fraction of sp³-hybridized carbons (Fsp3) is 0.273. The Morgan fingerprint density at radius 2 is 2.24 bits per heavy atom. The lowest BCUT2D eigenvalue weighted by Gasteiger charge is -1.98. The average Bonchev–Trinajstić information content (AvgIpc) is 2.99. The van der Waals surface area contributed by atoms with E-state index in [0.29, 0.717) is 23.4 Å². The third-order valence-corrected chi connectivity index (χ3v) is 3.19. The van der Waals surface area contributed by atoms with Gasteiger partial charge in [-0.25, -0.2) is 4.39 Å². The van der Waals surface area contributed by atoms with Gasteiger partial charge in [-0.05, 0) is 31.0 Å². The van der Waals surface area contributed by atoms with Gasteiger partial charge < -0.3 is 9.84 Å². The maximum atomic E-state index is 13.1. The highest BCUT2D eigenvalue weighted by atomic mass is 79.9. The van der Waals surface area contributed by atoms with E-state index < -0.39 is 0 Å². The first-order chi connectivity index (χ1) is 8.22. The standard InChI is InChI=1S/C11H9BrFN3O/c12-9-4-1-6(13)5-8(9)10-15-11(17-16-10)14-7-2-3-7/h1,4-5,7H,2-3H2,(H,14,15,16). The Morgan fingerprint density at radius 1 is 1.41 bits per heavy atom. The van der Waals surface area contributed by atoms with Gasteiger partial charge in [-0.1, -0.05) is 21.1 Å². The van der Waals surface area contributed by atoms with Crippen LogP contribution >= 0.6 is 15.9 Å². The molecule has 1 fully saturated rings. The van der Waals surface area contributed by atoms with Gasteiger partial charge >= 0.3 is 6.01 Å². The lowest BCUT2D eigenvalue weighted by molar-refractivity contribution is 0.432. The van der Waals surface area contributed by atoms with Crippen molar-refractivity contribution in [3.8, 4) is 11.4 Å². The van der Waals surface area contributed by atoms with Gasteiger partial charge in [0.15, 0.2) is 0 Å². The smallest absolute Gasteiger partial charge is 0.322 e. The third-order valence-electron chi connectivity index (χ3n) is 2.50. The quantitative estimate of drug-likeness (QED) is 0.945. The van der Waals surface area contributed by atoms with Crippen molar-refractivity contribution in [3.63, 3.8) is 0 Å². The summed E-state index contributed by atoms with van der Waals surface area (Å²) in [5, 5.41) is 6.91. The largest absolute Gasteiger partial charge is 0.335 e. The molecule has 0 atom stereocenters. The van der Waals surface area contributed by atoms with Crippen molar-refractivity contribution in [2.45, 2.75) is 18.9 Å². The number of hydrogen-bond donors (Lipinski definition) is 1. The predicted octanol–water partition coefficient (Wildman–Crippen LogP) is 3.21. The van der Waals surface area contributed by atoms with E-state index in [-0.39, 0.29) is 5.82 Å². The zero-order chi connectivity index (χ0) is 11.8. The van der Waals surface area contributed by atoms with Gasteiger partial charge in [0.2, 0.25) is 5.82 Å². The molecule has 4 nitrogen and oxygen atoms in total. The Kier molecular flexibility index (Phi) is 2.58. The molecule has 1 aromatic carbocycles. The van der Waals surface area contributed by atoms with E-state index in [1.165, 1.54) is 12.1 Å². The highest BCUT2D eigenvalue weighted by molar-refractivity contribution is 9.10. The molecule has 0 unspecified atom stereocenters. The average molecular weight is 298 g/mol. The van der Waals surface area contributed by atoms with E-state index in [1.807, 2.05) is 0 Å². The predicted molar refractivity (Wildman–Crippen MR) is 64.0 cm³/mol. The van der Waals surface area contributed by atoms with Crippen molar-refractivity contribution >= 4 is 21.9 Å². The molecule has 1 heterocycles. The number of nitrogens with zero attached hydrogens (tertiary/aromatic N) is 2. The van der Waals surface area contributed by atoms with Gasteiger partial charge in [-0.3, -0.25) is 0 Å². The van der Waals surface area contributed by atoms with Crippen molar-refractivity contribution in [1.82, 2.24) is 10.1 Å². The molecule has 3 rings (SSSR count). The van der Waals surface area contributed by atoms with Gasteiger partial charge in [0.25, 0.3) is 0 Å². The monoisotopic (exact) mass is 297 g/mol. The third kappa shape index (κ3) is 2.31. The van der Waals surface area contributed by atoms with Crippen LogP contribution in [0.3, 0.4) is 0 Å². The summed E-state index contributed by atoms with van der Waals surface area (Å²) < 4.78 is 18.9. The first-order valence-corrected chi connectivity index (χ1v) is 6.07. The van der Waals surface area contributed by atoms with Gasteiger partial charge in [0, 0.05) is 16.1 Å². The lowest BCUT2D eigenvalue weighted by Crippen LogP contribution is -2.00. The van der Waals surface area contributed by atoms with E-state index in [4.69, 9.17) is 4.52 Å². The van der Waals surface area contributed by atoms with Crippen LogP contribution in [-0.2, 0) is 0 Å². The van der Waals surface area contributed by atoms with Crippen molar-refractivity contribution < 1.29 is 8.91 Å². The number of anilines is 1. The van der Waals surface area contributed by atoms with E-state index in [9.17, 15) is 4.39 Å². The van der Waals surface area contributed by atoms with Gasteiger partial charge in [0.05, 0.1) is 0 Å². The maximum Gasteiger partial charge on any atom is 0.322 e. The second-order valence-corrected chi connectivity index (χ2v) is 4.82. The van der Waals surface area contributed by atoms with Crippen LogP contribution in [0.25, 0.3) is 11.4 Å². The Bertz CT molecular complexity index is 553. The fourth-order valence-electron chi connectivity index (χ4n) is 1.46. The summed E-state index contributed by atoms with van der Waals surface area (Å²) in [7, 11) is 0. The number of nitrogens with one attached hydrogen (secondary N) is 1. The van der Waals surface area contributed by atoms with Crippen LogP contribution in [0.4, 0.5) is 10.4 Å². The van der Waals surface area contributed by atoms with Gasteiger partial charge in [-0.15, -0.1) is 0 Å². The fourth-order valence-corrected chi connectivity index (χ4v) is 1.89. The molecule has 0 saturated heterocycles. The topological polar surface area (TPSA) is 51.0 Å². The summed E-state index contributed by atoms with van der Waals surface area (Å²) in [4.78, 5) is 4.18. The molecule has 88 valence electrons. The first kappa shape index (κ1) is 10.7. The molecule has 0 bridgehead atoms. The van der Waals surface area contributed by atoms with Crippen LogP contribution in [0.1, 0.15) is 12.8 Å². The second kappa shape index (κ2) is 4.10. The maximum absolute atomic E-state index is 13.1. The van der Waals surface area contributed by atoms with E-state index >= 15 is 0 Å². The lowest BCUT2D eigenvalue weighted by atomic mass is 10.2. The summed E-state index contributed by atoms with van der Waals surface area (Å²) in [6.07, 6.45) is 2.25. The van der Waals surface area contributed by atoms with Crippen LogP contribution in [-0.4, -0.2) is 16.2 Å². The minimum Gasteiger partial charge on any atom is -0.335 e. The number of aromatic nitrogens is 2. The molecule has 0 amide bonds. The molecule has 0 radical (unpaired) electrons. The molecular weight excluding hydrogens is 289 g/mol. The summed E-state index contributed by atoms with van der Waals surface area (Å²) in [6, 6.07) is 5.19. The molecule has 17 heavy (non-hydrogen) atoms. The van der Waals surface area contributed by atoms with Crippen molar-refractivity contribution in [2.75, 3.05) is 5.32 Å². The van der Waals surface area contributed by atoms with Crippen molar-refractivity contribution in [1.29, 1.82) is 0 Å². The van der Waals surface area contributed by atoms with Crippen LogP contribution < -0.4 is 5.32 Å². The number of halogens is 2. The summed E-state index contributed by atoms with van der Waals surface area (Å²) in [5.41, 5.74) is 0.581. The summed E-state index contributed by atoms with van der Waals surface area (Å²) in [6.45, 7) is 0. The molecule has 2 aromatic rings. The molecule has 1 aliphatic carbocycles. The van der Waals surface area contributed by atoms with Gasteiger partial charge in [-0.2, -0.15) is 4.98 Å². The highest BCUT2D eigenvalue weighted by Crippen LogP contribution is 2.29.